The number of halogens is 1. The van der Waals surface area contributed by atoms with Crippen LogP contribution < -0.4 is 15.9 Å². The highest BCUT2D eigenvalue weighted by molar-refractivity contribution is 8.93. The summed E-state index contributed by atoms with van der Waals surface area (Å²) in [7, 11) is -2.17. The van der Waals surface area contributed by atoms with Crippen molar-refractivity contribution in [2.24, 2.45) is 0 Å². The molecule has 0 N–H and O–H groups in total. The van der Waals surface area contributed by atoms with Crippen molar-refractivity contribution < 1.29 is 9.53 Å². The highest BCUT2D eigenvalue weighted by atomic mass is 79.9. The van der Waals surface area contributed by atoms with Crippen LogP contribution in [0.2, 0.25) is 0 Å². The molecule has 3 aromatic carbocycles. The number of carbonyl (C=O) groups excluding carboxylic acids is 1. The van der Waals surface area contributed by atoms with Gasteiger partial charge in [0.25, 0.3) is 0 Å². The number of carbonyl (C=O) groups is 1. The van der Waals surface area contributed by atoms with E-state index in [1.165, 1.54) is 15.9 Å². The van der Waals surface area contributed by atoms with Gasteiger partial charge in [-0.15, -0.1) is 17.0 Å². The summed E-state index contributed by atoms with van der Waals surface area (Å²) in [5.41, 5.74) is -0.503. The Hall–Kier alpha value is -1.96. The zero-order valence-corrected chi connectivity index (χ0v) is 19.1. The summed E-state index contributed by atoms with van der Waals surface area (Å²) in [6.45, 7) is 5.75. The summed E-state index contributed by atoms with van der Waals surface area (Å²) in [6.07, 6.45) is 0.350. The largest absolute Gasteiger partial charge is 0.457 e. The predicted molar refractivity (Wildman–Crippen MR) is 126 cm³/mol. The zero-order chi connectivity index (χ0) is 19.3. The van der Waals surface area contributed by atoms with Crippen LogP contribution >= 0.6 is 24.2 Å². The van der Waals surface area contributed by atoms with Gasteiger partial charge in [-0.2, -0.15) is 0 Å². The van der Waals surface area contributed by atoms with Crippen molar-refractivity contribution in [3.8, 4) is 0 Å². The lowest BCUT2D eigenvalue weighted by Gasteiger charge is -2.28. The molecule has 146 valence electrons. The van der Waals surface area contributed by atoms with E-state index in [1.54, 1.807) is 0 Å². The van der Waals surface area contributed by atoms with Crippen molar-refractivity contribution in [3.63, 3.8) is 0 Å². The summed E-state index contributed by atoms with van der Waals surface area (Å²) in [5, 5.41) is 3.56. The van der Waals surface area contributed by atoms with Gasteiger partial charge in [0.2, 0.25) is 0 Å². The zero-order valence-electron chi connectivity index (χ0n) is 16.5. The summed E-state index contributed by atoms with van der Waals surface area (Å²) < 4.78 is 5.75. The van der Waals surface area contributed by atoms with Crippen LogP contribution in [0.1, 0.15) is 20.8 Å². The number of benzene rings is 3. The number of rotatable bonds is 5. The minimum absolute atomic E-state index is 0. The fourth-order valence-corrected chi connectivity index (χ4v) is 7.27. The van der Waals surface area contributed by atoms with Gasteiger partial charge in [0.05, 0.1) is 0 Å². The van der Waals surface area contributed by atoms with E-state index < -0.39 is 12.9 Å². The van der Waals surface area contributed by atoms with Gasteiger partial charge in [0, 0.05) is 0 Å². The fraction of sp³-hybridized carbons (Fsp3) is 0.208. The quantitative estimate of drug-likeness (QED) is 0.402. The molecule has 3 rings (SSSR count). The molecule has 0 saturated carbocycles. The standard InChI is InChI=1S/C24H26O2P.BrH/c1-24(2,3)26-23(25)19-27(20-13-7-4-8-14-20,21-15-9-5-10-16-21)22-17-11-6-12-18-22;/h4-18H,19H2,1-3H3;1H/q+1;. The second-order valence-electron chi connectivity index (χ2n) is 7.56. The average Bonchev–Trinajstić information content (AvgIpc) is 2.67. The molecule has 2 nitrogen and oxygen atoms in total. The van der Waals surface area contributed by atoms with Crippen LogP contribution in [-0.2, 0) is 9.53 Å². The lowest BCUT2D eigenvalue weighted by Crippen LogP contribution is -2.37. The lowest BCUT2D eigenvalue weighted by atomic mass is 10.2. The number of ether oxygens (including phenoxy) is 1. The first-order chi connectivity index (χ1) is 12.9. The Morgan fingerprint density at radius 2 is 1.04 bits per heavy atom. The van der Waals surface area contributed by atoms with E-state index in [0.717, 1.165) is 0 Å². The molecule has 4 heteroatoms. The van der Waals surface area contributed by atoms with Gasteiger partial charge in [-0.3, -0.25) is 0 Å². The molecule has 3 aromatic rings. The van der Waals surface area contributed by atoms with E-state index in [9.17, 15) is 4.79 Å². The van der Waals surface area contributed by atoms with Crippen LogP contribution in [0.25, 0.3) is 0 Å². The van der Waals surface area contributed by atoms with Gasteiger partial charge in [0.15, 0.2) is 6.16 Å². The molecule has 0 fully saturated rings. The Bertz CT molecular complexity index is 778. The molecule has 0 atom stereocenters. The highest BCUT2D eigenvalue weighted by Gasteiger charge is 2.48. The monoisotopic (exact) mass is 457 g/mol. The molecular formula is C24H27BrO2P+. The van der Waals surface area contributed by atoms with Crippen LogP contribution in [0.15, 0.2) is 91.0 Å². The van der Waals surface area contributed by atoms with Gasteiger partial charge < -0.3 is 4.74 Å². The maximum atomic E-state index is 13.0. The molecule has 0 unspecified atom stereocenters. The first kappa shape index (κ1) is 22.3. The maximum Gasteiger partial charge on any atom is 0.345 e. The Labute approximate surface area is 179 Å². The van der Waals surface area contributed by atoms with Crippen molar-refractivity contribution in [2.75, 3.05) is 6.16 Å². The van der Waals surface area contributed by atoms with E-state index in [2.05, 4.69) is 36.4 Å². The van der Waals surface area contributed by atoms with Crippen molar-refractivity contribution in [2.45, 2.75) is 26.4 Å². The van der Waals surface area contributed by atoms with Crippen LogP contribution in [0.4, 0.5) is 0 Å². The van der Waals surface area contributed by atoms with E-state index >= 15 is 0 Å². The van der Waals surface area contributed by atoms with Crippen LogP contribution in [0, 0.1) is 0 Å². The minimum Gasteiger partial charge on any atom is -0.457 e. The summed E-state index contributed by atoms with van der Waals surface area (Å²) in [5.74, 6) is -0.160. The molecular weight excluding hydrogens is 431 g/mol. The van der Waals surface area contributed by atoms with E-state index in [0.29, 0.717) is 6.16 Å². The molecule has 0 aliphatic heterocycles. The summed E-state index contributed by atoms with van der Waals surface area (Å²) >= 11 is 0. The molecule has 0 aliphatic rings. The minimum atomic E-state index is -2.17. The van der Waals surface area contributed by atoms with Gasteiger partial charge in [0.1, 0.15) is 28.8 Å². The number of hydrogen-bond acceptors (Lipinski definition) is 2. The molecule has 28 heavy (non-hydrogen) atoms. The van der Waals surface area contributed by atoms with Gasteiger partial charge >= 0.3 is 5.97 Å². The second-order valence-corrected chi connectivity index (χ2v) is 11.0. The van der Waals surface area contributed by atoms with Crippen molar-refractivity contribution in [3.05, 3.63) is 91.0 Å². The molecule has 0 aliphatic carbocycles. The summed E-state index contributed by atoms with van der Waals surface area (Å²) in [6, 6.07) is 31.1. The average molecular weight is 458 g/mol. The third-order valence-corrected chi connectivity index (χ3v) is 8.65. The predicted octanol–water partition coefficient (Wildman–Crippen LogP) is 4.90. The van der Waals surface area contributed by atoms with Gasteiger partial charge in [-0.25, -0.2) is 4.79 Å². The lowest BCUT2D eigenvalue weighted by molar-refractivity contribution is -0.151. The SMILES string of the molecule is Br.CC(C)(C)OC(=O)C[P+](c1ccccc1)(c1ccccc1)c1ccccc1. The Balaban J connectivity index is 0.00000280. The van der Waals surface area contributed by atoms with Gasteiger partial charge in [-0.1, -0.05) is 54.6 Å². The van der Waals surface area contributed by atoms with Gasteiger partial charge in [-0.05, 0) is 57.2 Å². The van der Waals surface area contributed by atoms with E-state index in [1.807, 2.05) is 75.4 Å². The summed E-state index contributed by atoms with van der Waals surface area (Å²) in [4.78, 5) is 13.0. The molecule has 0 radical (unpaired) electrons. The Morgan fingerprint density at radius 3 is 1.32 bits per heavy atom. The van der Waals surface area contributed by atoms with Crippen molar-refractivity contribution in [1.82, 2.24) is 0 Å². The van der Waals surface area contributed by atoms with E-state index in [-0.39, 0.29) is 23.0 Å². The number of hydrogen-bond donors (Lipinski definition) is 0. The van der Waals surface area contributed by atoms with Crippen molar-refractivity contribution >= 4 is 46.1 Å². The smallest absolute Gasteiger partial charge is 0.345 e. The van der Waals surface area contributed by atoms with Crippen LogP contribution in [-0.4, -0.2) is 17.7 Å². The maximum absolute atomic E-state index is 13.0. The highest BCUT2D eigenvalue weighted by Crippen LogP contribution is 2.55. The molecule has 0 heterocycles. The third-order valence-electron chi connectivity index (χ3n) is 4.38. The molecule has 0 saturated heterocycles. The van der Waals surface area contributed by atoms with Crippen LogP contribution in [0.3, 0.4) is 0 Å². The third kappa shape index (κ3) is 5.10. The van der Waals surface area contributed by atoms with Crippen molar-refractivity contribution in [1.29, 1.82) is 0 Å². The first-order valence-electron chi connectivity index (χ1n) is 9.19. The fourth-order valence-electron chi connectivity index (χ4n) is 3.34. The van der Waals surface area contributed by atoms with E-state index in [4.69, 9.17) is 4.74 Å². The molecule has 0 bridgehead atoms. The second kappa shape index (κ2) is 9.49. The van der Waals surface area contributed by atoms with Crippen LogP contribution in [0.5, 0.6) is 0 Å². The topological polar surface area (TPSA) is 26.3 Å². The first-order valence-corrected chi connectivity index (χ1v) is 11.2. The Kier molecular flexibility index (Phi) is 7.57. The number of esters is 1. The Morgan fingerprint density at radius 1 is 0.714 bits per heavy atom. The molecule has 0 spiro atoms. The normalized spacial score (nSPS) is 11.4. The molecule has 0 aromatic heterocycles. The molecule has 0 amide bonds.